The molecule has 0 saturated carbocycles. The lowest BCUT2D eigenvalue weighted by atomic mass is 10.2. The summed E-state index contributed by atoms with van der Waals surface area (Å²) in [4.78, 5) is 13.5. The molecule has 6 heteroatoms. The molecule has 2 heterocycles. The predicted octanol–water partition coefficient (Wildman–Crippen LogP) is 4.38. The second-order valence-corrected chi connectivity index (χ2v) is 6.37. The lowest BCUT2D eigenvalue weighted by Crippen LogP contribution is -2.16. The molecule has 3 aromatic rings. The third kappa shape index (κ3) is 2.60. The molecule has 2 aromatic heterocycles. The van der Waals surface area contributed by atoms with Crippen LogP contribution in [0.1, 0.15) is 14.5 Å². The first-order chi connectivity index (χ1) is 9.75. The molecule has 0 fully saturated rings. The van der Waals surface area contributed by atoms with E-state index < -0.39 is 0 Å². The van der Waals surface area contributed by atoms with E-state index in [0.717, 1.165) is 15.0 Å². The van der Waals surface area contributed by atoms with E-state index in [2.05, 4.69) is 10.5 Å². The zero-order chi connectivity index (χ0) is 13.9. The highest BCUT2D eigenvalue weighted by Gasteiger charge is 2.16. The van der Waals surface area contributed by atoms with Crippen molar-refractivity contribution in [3.05, 3.63) is 56.6 Å². The highest BCUT2D eigenvalue weighted by Crippen LogP contribution is 2.34. The molecule has 0 saturated heterocycles. The van der Waals surface area contributed by atoms with Crippen LogP contribution in [0.15, 0.2) is 46.9 Å². The maximum Gasteiger partial charge on any atom is 0.283 e. The smallest absolute Gasteiger partial charge is 0.266 e. The van der Waals surface area contributed by atoms with E-state index in [-0.39, 0.29) is 5.91 Å². The van der Waals surface area contributed by atoms with Crippen LogP contribution < -0.4 is 5.43 Å². The highest BCUT2D eigenvalue weighted by molar-refractivity contribution is 7.21. The average molecular weight is 321 g/mol. The van der Waals surface area contributed by atoms with Crippen molar-refractivity contribution in [2.24, 2.45) is 5.10 Å². The molecule has 100 valence electrons. The van der Waals surface area contributed by atoms with Gasteiger partial charge in [0.25, 0.3) is 5.91 Å². The van der Waals surface area contributed by atoms with Crippen molar-refractivity contribution in [1.29, 1.82) is 0 Å². The summed E-state index contributed by atoms with van der Waals surface area (Å²) in [5.74, 6) is -0.288. The number of carbonyl (C=O) groups excluding carboxylic acids is 1. The number of nitrogens with zero attached hydrogens (tertiary/aromatic N) is 1. The molecule has 1 N–H and O–H groups in total. The number of hydrogen-bond donors (Lipinski definition) is 1. The van der Waals surface area contributed by atoms with Gasteiger partial charge in [0.2, 0.25) is 0 Å². The fraction of sp³-hybridized carbons (Fsp3) is 0. The molecule has 0 aliphatic carbocycles. The second kappa shape index (κ2) is 5.75. The minimum atomic E-state index is -0.288. The molecule has 0 bridgehead atoms. The molecular formula is C14H9ClN2OS2. The molecule has 0 atom stereocenters. The molecular weight excluding hydrogens is 312 g/mol. The molecule has 0 aliphatic rings. The van der Waals surface area contributed by atoms with Crippen LogP contribution in [-0.2, 0) is 0 Å². The number of halogens is 1. The van der Waals surface area contributed by atoms with Gasteiger partial charge in [-0.05, 0) is 17.5 Å². The van der Waals surface area contributed by atoms with Crippen molar-refractivity contribution < 1.29 is 4.79 Å². The first-order valence-electron chi connectivity index (χ1n) is 5.79. The van der Waals surface area contributed by atoms with Crippen LogP contribution in [0.25, 0.3) is 10.1 Å². The SMILES string of the molecule is O=C(N/N=C\c1cccs1)c1sc2ccccc2c1Cl. The van der Waals surface area contributed by atoms with Gasteiger partial charge >= 0.3 is 0 Å². The van der Waals surface area contributed by atoms with E-state index in [1.54, 1.807) is 17.6 Å². The molecule has 3 rings (SSSR count). The second-order valence-electron chi connectivity index (χ2n) is 3.96. The zero-order valence-corrected chi connectivity index (χ0v) is 12.6. The number of rotatable bonds is 3. The number of amides is 1. The van der Waals surface area contributed by atoms with Gasteiger partial charge in [-0.25, -0.2) is 5.43 Å². The van der Waals surface area contributed by atoms with Crippen LogP contribution in [0.2, 0.25) is 5.02 Å². The molecule has 0 unspecified atom stereocenters. The monoisotopic (exact) mass is 320 g/mol. The Bertz CT molecular complexity index is 778. The first-order valence-corrected chi connectivity index (χ1v) is 7.87. The number of nitrogens with one attached hydrogen (secondary N) is 1. The summed E-state index contributed by atoms with van der Waals surface area (Å²) < 4.78 is 0.991. The van der Waals surface area contributed by atoms with Crippen molar-refractivity contribution >= 4 is 56.5 Å². The van der Waals surface area contributed by atoms with Crippen molar-refractivity contribution in [1.82, 2.24) is 5.43 Å². The van der Waals surface area contributed by atoms with Crippen molar-refractivity contribution in [3.63, 3.8) is 0 Å². The first kappa shape index (κ1) is 13.3. The number of carbonyl (C=O) groups is 1. The van der Waals surface area contributed by atoms with Crippen molar-refractivity contribution in [2.75, 3.05) is 0 Å². The van der Waals surface area contributed by atoms with Crippen molar-refractivity contribution in [2.45, 2.75) is 0 Å². The van der Waals surface area contributed by atoms with Gasteiger partial charge in [-0.2, -0.15) is 5.10 Å². The summed E-state index contributed by atoms with van der Waals surface area (Å²) in [6, 6.07) is 11.5. The van der Waals surface area contributed by atoms with Gasteiger partial charge in [0.05, 0.1) is 11.2 Å². The van der Waals surface area contributed by atoms with Crippen molar-refractivity contribution in [3.8, 4) is 0 Å². The molecule has 0 spiro atoms. The molecule has 0 aliphatic heterocycles. The van der Waals surface area contributed by atoms with Crippen LogP contribution in [0, 0.1) is 0 Å². The maximum atomic E-state index is 12.1. The fourth-order valence-corrected chi connectivity index (χ4v) is 3.72. The Morgan fingerprint density at radius 2 is 2.10 bits per heavy atom. The van der Waals surface area contributed by atoms with Gasteiger partial charge in [-0.15, -0.1) is 22.7 Å². The zero-order valence-electron chi connectivity index (χ0n) is 10.2. The summed E-state index contributed by atoms with van der Waals surface area (Å²) in [7, 11) is 0. The van der Waals surface area contributed by atoms with Gasteiger partial charge in [0.1, 0.15) is 4.88 Å². The Morgan fingerprint density at radius 3 is 2.85 bits per heavy atom. The van der Waals surface area contributed by atoms with Crippen LogP contribution in [0.5, 0.6) is 0 Å². The topological polar surface area (TPSA) is 41.5 Å². The van der Waals surface area contributed by atoms with E-state index in [1.807, 2.05) is 41.8 Å². The maximum absolute atomic E-state index is 12.1. The summed E-state index contributed by atoms with van der Waals surface area (Å²) in [6.07, 6.45) is 1.61. The van der Waals surface area contributed by atoms with Crippen LogP contribution in [-0.4, -0.2) is 12.1 Å². The van der Waals surface area contributed by atoms with E-state index in [4.69, 9.17) is 11.6 Å². The quantitative estimate of drug-likeness (QED) is 0.564. The highest BCUT2D eigenvalue weighted by atomic mass is 35.5. The van der Waals surface area contributed by atoms with Gasteiger partial charge in [0, 0.05) is 15.0 Å². The van der Waals surface area contributed by atoms with Gasteiger partial charge in [-0.3, -0.25) is 4.79 Å². The minimum Gasteiger partial charge on any atom is -0.266 e. The van der Waals surface area contributed by atoms with Crippen LogP contribution in [0.4, 0.5) is 0 Å². The van der Waals surface area contributed by atoms with Crippen LogP contribution in [0.3, 0.4) is 0 Å². The predicted molar refractivity (Wildman–Crippen MR) is 86.2 cm³/mol. The molecule has 3 nitrogen and oxygen atoms in total. The van der Waals surface area contributed by atoms with E-state index >= 15 is 0 Å². The van der Waals surface area contributed by atoms with E-state index in [9.17, 15) is 4.79 Å². The number of hydrazone groups is 1. The fourth-order valence-electron chi connectivity index (χ4n) is 1.73. The Labute approximate surface area is 128 Å². The Balaban J connectivity index is 1.80. The van der Waals surface area contributed by atoms with Gasteiger partial charge < -0.3 is 0 Å². The third-order valence-corrected chi connectivity index (χ3v) is 5.12. The summed E-state index contributed by atoms with van der Waals surface area (Å²) in [5.41, 5.74) is 2.50. The number of fused-ring (bicyclic) bond motifs is 1. The van der Waals surface area contributed by atoms with Gasteiger partial charge in [0.15, 0.2) is 0 Å². The lowest BCUT2D eigenvalue weighted by Gasteiger charge is -1.96. The lowest BCUT2D eigenvalue weighted by molar-refractivity contribution is 0.0959. The molecule has 1 amide bonds. The average Bonchev–Trinajstić information content (AvgIpc) is 3.08. The standard InChI is InChI=1S/C14H9ClN2OS2/c15-12-10-5-1-2-6-11(10)20-13(12)14(18)17-16-8-9-4-3-7-19-9/h1-8H,(H,17,18)/b16-8-. The minimum absolute atomic E-state index is 0.288. The molecule has 20 heavy (non-hydrogen) atoms. The summed E-state index contributed by atoms with van der Waals surface area (Å²) in [6.45, 7) is 0. The summed E-state index contributed by atoms with van der Waals surface area (Å²) in [5, 5.41) is 7.26. The Hall–Kier alpha value is -1.69. The largest absolute Gasteiger partial charge is 0.283 e. The van der Waals surface area contributed by atoms with E-state index in [0.29, 0.717) is 9.90 Å². The molecule has 1 aromatic carbocycles. The number of benzene rings is 1. The molecule has 0 radical (unpaired) electrons. The van der Waals surface area contributed by atoms with Crippen LogP contribution >= 0.6 is 34.3 Å². The number of thiophene rings is 2. The number of hydrogen-bond acceptors (Lipinski definition) is 4. The van der Waals surface area contributed by atoms with E-state index in [1.165, 1.54) is 11.3 Å². The normalized spacial score (nSPS) is 11.2. The summed E-state index contributed by atoms with van der Waals surface area (Å²) >= 11 is 9.15. The Kier molecular flexibility index (Phi) is 3.82. The third-order valence-electron chi connectivity index (χ3n) is 2.64. The Morgan fingerprint density at radius 1 is 1.25 bits per heavy atom. The van der Waals surface area contributed by atoms with Gasteiger partial charge in [-0.1, -0.05) is 35.9 Å².